The summed E-state index contributed by atoms with van der Waals surface area (Å²) in [4.78, 5) is 22.7. The SMILES string of the molecule is O=C(CNC1(C(=O)O)CCC1)Nc1ccc(F)c(F)c1F. The van der Waals surface area contributed by atoms with E-state index in [9.17, 15) is 22.8 Å². The maximum atomic E-state index is 13.4. The first-order chi connectivity index (χ1) is 9.85. The van der Waals surface area contributed by atoms with Crippen LogP contribution in [0.5, 0.6) is 0 Å². The Morgan fingerprint density at radius 3 is 2.38 bits per heavy atom. The van der Waals surface area contributed by atoms with Crippen molar-refractivity contribution in [2.24, 2.45) is 0 Å². The molecular weight excluding hydrogens is 289 g/mol. The van der Waals surface area contributed by atoms with E-state index in [1.54, 1.807) is 0 Å². The lowest BCUT2D eigenvalue weighted by Crippen LogP contribution is -2.58. The number of rotatable bonds is 5. The van der Waals surface area contributed by atoms with Crippen molar-refractivity contribution in [3.63, 3.8) is 0 Å². The Balaban J connectivity index is 1.97. The Morgan fingerprint density at radius 2 is 1.86 bits per heavy atom. The van der Waals surface area contributed by atoms with Gasteiger partial charge in [-0.3, -0.25) is 14.9 Å². The van der Waals surface area contributed by atoms with Gasteiger partial charge in [0.1, 0.15) is 5.54 Å². The Labute approximate surface area is 118 Å². The molecule has 0 atom stereocenters. The highest BCUT2D eigenvalue weighted by molar-refractivity contribution is 5.93. The molecular formula is C13H13F3N2O3. The molecule has 1 aliphatic rings. The number of nitrogens with one attached hydrogen (secondary N) is 2. The van der Waals surface area contributed by atoms with E-state index in [-0.39, 0.29) is 6.54 Å². The fourth-order valence-electron chi connectivity index (χ4n) is 2.06. The molecule has 2 rings (SSSR count). The summed E-state index contributed by atoms with van der Waals surface area (Å²) in [5.74, 6) is -6.34. The zero-order valence-corrected chi connectivity index (χ0v) is 10.9. The van der Waals surface area contributed by atoms with Crippen molar-refractivity contribution in [1.82, 2.24) is 5.32 Å². The molecule has 0 bridgehead atoms. The van der Waals surface area contributed by atoms with E-state index in [1.807, 2.05) is 0 Å². The van der Waals surface area contributed by atoms with E-state index >= 15 is 0 Å². The van der Waals surface area contributed by atoms with Crippen LogP contribution in [0, 0.1) is 17.5 Å². The molecule has 1 aromatic rings. The average molecular weight is 302 g/mol. The van der Waals surface area contributed by atoms with Crippen LogP contribution in [0.4, 0.5) is 18.9 Å². The van der Waals surface area contributed by atoms with E-state index in [1.165, 1.54) is 0 Å². The molecule has 21 heavy (non-hydrogen) atoms. The minimum atomic E-state index is -1.68. The molecule has 1 amide bonds. The molecule has 1 fully saturated rings. The number of hydrogen-bond donors (Lipinski definition) is 3. The van der Waals surface area contributed by atoms with Crippen LogP contribution in [0.2, 0.25) is 0 Å². The number of carbonyl (C=O) groups is 2. The molecule has 0 aromatic heterocycles. The molecule has 0 aliphatic heterocycles. The molecule has 0 radical (unpaired) electrons. The van der Waals surface area contributed by atoms with Crippen molar-refractivity contribution in [2.75, 3.05) is 11.9 Å². The van der Waals surface area contributed by atoms with Crippen LogP contribution in [0.1, 0.15) is 19.3 Å². The summed E-state index contributed by atoms with van der Waals surface area (Å²) >= 11 is 0. The minimum Gasteiger partial charge on any atom is -0.480 e. The Bertz CT molecular complexity index is 588. The van der Waals surface area contributed by atoms with Gasteiger partial charge in [0.05, 0.1) is 12.2 Å². The van der Waals surface area contributed by atoms with Crippen LogP contribution >= 0.6 is 0 Å². The highest BCUT2D eigenvalue weighted by Gasteiger charge is 2.44. The van der Waals surface area contributed by atoms with Crippen LogP contribution < -0.4 is 10.6 Å². The number of aliphatic carboxylic acids is 1. The van der Waals surface area contributed by atoms with E-state index in [4.69, 9.17) is 5.11 Å². The molecule has 0 saturated heterocycles. The molecule has 3 N–H and O–H groups in total. The fraction of sp³-hybridized carbons (Fsp3) is 0.385. The minimum absolute atomic E-state index is 0.370. The van der Waals surface area contributed by atoms with Gasteiger partial charge in [0.25, 0.3) is 0 Å². The smallest absolute Gasteiger partial charge is 0.323 e. The zero-order chi connectivity index (χ0) is 15.6. The van der Waals surface area contributed by atoms with Gasteiger partial charge in [-0.25, -0.2) is 13.2 Å². The zero-order valence-electron chi connectivity index (χ0n) is 10.9. The number of carbonyl (C=O) groups excluding carboxylic acids is 1. The van der Waals surface area contributed by atoms with Gasteiger partial charge in [-0.05, 0) is 31.4 Å². The largest absolute Gasteiger partial charge is 0.480 e. The Morgan fingerprint density at radius 1 is 1.19 bits per heavy atom. The predicted molar refractivity (Wildman–Crippen MR) is 67.2 cm³/mol. The summed E-state index contributed by atoms with van der Waals surface area (Å²) in [5.41, 5.74) is -1.64. The second-order valence-electron chi connectivity index (χ2n) is 4.87. The maximum Gasteiger partial charge on any atom is 0.323 e. The monoisotopic (exact) mass is 302 g/mol. The van der Waals surface area contributed by atoms with Crippen LogP contribution in [-0.2, 0) is 9.59 Å². The second kappa shape index (κ2) is 5.72. The summed E-state index contributed by atoms with van der Waals surface area (Å²) in [6, 6.07) is 1.58. The van der Waals surface area contributed by atoms with E-state index < -0.39 is 40.6 Å². The molecule has 114 valence electrons. The molecule has 1 aromatic carbocycles. The lowest BCUT2D eigenvalue weighted by Gasteiger charge is -2.38. The second-order valence-corrected chi connectivity index (χ2v) is 4.87. The molecule has 8 heteroatoms. The number of carboxylic acids is 1. The van der Waals surface area contributed by atoms with Gasteiger partial charge < -0.3 is 10.4 Å². The van der Waals surface area contributed by atoms with Crippen molar-refractivity contribution in [3.05, 3.63) is 29.6 Å². The first-order valence-electron chi connectivity index (χ1n) is 6.27. The number of benzene rings is 1. The number of hydrogen-bond acceptors (Lipinski definition) is 3. The summed E-state index contributed by atoms with van der Waals surface area (Å²) < 4.78 is 39.1. The highest BCUT2D eigenvalue weighted by atomic mass is 19.2. The fourth-order valence-corrected chi connectivity index (χ4v) is 2.06. The van der Waals surface area contributed by atoms with Gasteiger partial charge in [0.15, 0.2) is 17.5 Å². The first-order valence-corrected chi connectivity index (χ1v) is 6.27. The molecule has 1 saturated carbocycles. The predicted octanol–water partition coefficient (Wildman–Crippen LogP) is 1.64. The van der Waals surface area contributed by atoms with Gasteiger partial charge in [-0.1, -0.05) is 0 Å². The van der Waals surface area contributed by atoms with E-state index in [2.05, 4.69) is 10.6 Å². The molecule has 0 unspecified atom stereocenters. The van der Waals surface area contributed by atoms with Crippen molar-refractivity contribution in [1.29, 1.82) is 0 Å². The van der Waals surface area contributed by atoms with Crippen LogP contribution in [0.25, 0.3) is 0 Å². The standard InChI is InChI=1S/C13H13F3N2O3/c14-7-2-3-8(11(16)10(7)15)18-9(19)6-17-13(12(20)21)4-1-5-13/h2-3,17H,1,4-6H2,(H,18,19)(H,20,21). The van der Waals surface area contributed by atoms with E-state index in [0.717, 1.165) is 12.5 Å². The molecule has 0 heterocycles. The number of halogens is 3. The quantitative estimate of drug-likeness (QED) is 0.723. The van der Waals surface area contributed by atoms with Crippen LogP contribution in [0.3, 0.4) is 0 Å². The lowest BCUT2D eigenvalue weighted by molar-refractivity contribution is -0.148. The normalized spacial score (nSPS) is 16.1. The topological polar surface area (TPSA) is 78.4 Å². The molecule has 5 nitrogen and oxygen atoms in total. The summed E-state index contributed by atoms with van der Waals surface area (Å²) in [6.45, 7) is -0.370. The maximum absolute atomic E-state index is 13.4. The highest BCUT2D eigenvalue weighted by Crippen LogP contribution is 2.31. The van der Waals surface area contributed by atoms with Crippen molar-refractivity contribution in [2.45, 2.75) is 24.8 Å². The average Bonchev–Trinajstić information content (AvgIpc) is 2.38. The third-order valence-corrected chi connectivity index (χ3v) is 3.51. The number of carboxylic acid groups (broad SMARTS) is 1. The van der Waals surface area contributed by atoms with Crippen LogP contribution in [0.15, 0.2) is 12.1 Å². The third kappa shape index (κ3) is 2.99. The van der Waals surface area contributed by atoms with Gasteiger partial charge in [-0.2, -0.15) is 0 Å². The number of amides is 1. The Kier molecular flexibility index (Phi) is 4.17. The first kappa shape index (κ1) is 15.3. The van der Waals surface area contributed by atoms with Gasteiger partial charge >= 0.3 is 5.97 Å². The Hall–Kier alpha value is -2.09. The van der Waals surface area contributed by atoms with E-state index in [0.29, 0.717) is 18.9 Å². The summed E-state index contributed by atoms with van der Waals surface area (Å²) in [7, 11) is 0. The summed E-state index contributed by atoms with van der Waals surface area (Å²) in [5, 5.41) is 13.7. The molecule has 1 aliphatic carbocycles. The lowest BCUT2D eigenvalue weighted by atomic mass is 9.77. The van der Waals surface area contributed by atoms with Crippen molar-refractivity contribution in [3.8, 4) is 0 Å². The van der Waals surface area contributed by atoms with Crippen molar-refractivity contribution >= 4 is 17.6 Å². The van der Waals surface area contributed by atoms with Crippen molar-refractivity contribution < 1.29 is 27.9 Å². The van der Waals surface area contributed by atoms with Gasteiger partial charge in [0, 0.05) is 0 Å². The third-order valence-electron chi connectivity index (χ3n) is 3.51. The summed E-state index contributed by atoms with van der Waals surface area (Å²) in [6.07, 6.45) is 1.53. The van der Waals surface area contributed by atoms with Crippen LogP contribution in [-0.4, -0.2) is 29.1 Å². The van der Waals surface area contributed by atoms with Gasteiger partial charge in [-0.15, -0.1) is 0 Å². The van der Waals surface area contributed by atoms with Gasteiger partial charge in [0.2, 0.25) is 5.91 Å². The number of anilines is 1. The molecule has 0 spiro atoms.